The van der Waals surface area contributed by atoms with E-state index in [-0.39, 0.29) is 5.56 Å². The number of carboxylic acids is 1. The maximum absolute atomic E-state index is 11.3. The molecule has 0 atom stereocenters. The molecule has 3 rings (SSSR count). The molecule has 2 heterocycles. The average Bonchev–Trinajstić information content (AvgIpc) is 2.81. The lowest BCUT2D eigenvalue weighted by Gasteiger charge is -2.06. The quantitative estimate of drug-likeness (QED) is 0.762. The van der Waals surface area contributed by atoms with Crippen LogP contribution in [-0.4, -0.2) is 20.5 Å². The van der Waals surface area contributed by atoms with Gasteiger partial charge >= 0.3 is 5.97 Å². The zero-order chi connectivity index (χ0) is 13.4. The number of imidazole rings is 1. The Morgan fingerprint density at radius 2 is 2.00 bits per heavy atom. The third kappa shape index (κ3) is 1.87. The number of aromatic carboxylic acids is 1. The van der Waals surface area contributed by atoms with Crippen LogP contribution in [0.5, 0.6) is 0 Å². The van der Waals surface area contributed by atoms with Crippen molar-refractivity contribution in [2.45, 2.75) is 6.92 Å². The van der Waals surface area contributed by atoms with Gasteiger partial charge in [0.15, 0.2) is 0 Å². The Hall–Kier alpha value is -2.62. The molecule has 0 radical (unpaired) electrons. The van der Waals surface area contributed by atoms with E-state index in [9.17, 15) is 9.90 Å². The number of nitrogens with zero attached hydrogens (tertiary/aromatic N) is 2. The molecule has 0 amide bonds. The van der Waals surface area contributed by atoms with Crippen molar-refractivity contribution >= 4 is 11.5 Å². The first-order valence-corrected chi connectivity index (χ1v) is 5.93. The molecule has 0 spiro atoms. The number of hydrogen-bond donors (Lipinski definition) is 1. The standard InChI is InChI=1S/C15H12N2O2/c1-10-6-7-11-8-16-14(17(11)9-10)12-4-2-3-5-13(12)15(18)19/h2-9H,1H3,(H,18,19). The van der Waals surface area contributed by atoms with Crippen molar-refractivity contribution in [2.24, 2.45) is 0 Å². The van der Waals surface area contributed by atoms with Crippen LogP contribution in [0.15, 0.2) is 48.8 Å². The van der Waals surface area contributed by atoms with Crippen molar-refractivity contribution < 1.29 is 9.90 Å². The second-order valence-electron chi connectivity index (χ2n) is 4.43. The van der Waals surface area contributed by atoms with Crippen LogP contribution in [0.25, 0.3) is 16.9 Å². The fourth-order valence-corrected chi connectivity index (χ4v) is 2.16. The van der Waals surface area contributed by atoms with Gasteiger partial charge in [-0.05, 0) is 24.6 Å². The van der Waals surface area contributed by atoms with Crippen molar-refractivity contribution in [1.82, 2.24) is 9.38 Å². The SMILES string of the molecule is Cc1ccc2cnc(-c3ccccc3C(=O)O)n2c1. The highest BCUT2D eigenvalue weighted by molar-refractivity contribution is 5.95. The molecule has 94 valence electrons. The normalized spacial score (nSPS) is 10.8. The number of fused-ring (bicyclic) bond motifs is 1. The van der Waals surface area contributed by atoms with Crippen LogP contribution < -0.4 is 0 Å². The van der Waals surface area contributed by atoms with Crippen molar-refractivity contribution in [3.05, 3.63) is 59.9 Å². The fraction of sp³-hybridized carbons (Fsp3) is 0.0667. The van der Waals surface area contributed by atoms with Crippen molar-refractivity contribution in [2.75, 3.05) is 0 Å². The summed E-state index contributed by atoms with van der Waals surface area (Å²) in [6, 6.07) is 10.9. The molecule has 4 nitrogen and oxygen atoms in total. The van der Waals surface area contributed by atoms with E-state index in [1.807, 2.05) is 35.7 Å². The second-order valence-corrected chi connectivity index (χ2v) is 4.43. The number of aromatic nitrogens is 2. The summed E-state index contributed by atoms with van der Waals surface area (Å²) in [5, 5.41) is 9.25. The number of pyridine rings is 1. The number of carboxylic acid groups (broad SMARTS) is 1. The molecule has 2 aromatic heterocycles. The molecule has 0 saturated carbocycles. The maximum Gasteiger partial charge on any atom is 0.336 e. The molecule has 0 saturated heterocycles. The summed E-state index contributed by atoms with van der Waals surface area (Å²) >= 11 is 0. The molecule has 0 aliphatic heterocycles. The van der Waals surface area contributed by atoms with Crippen LogP contribution in [0.4, 0.5) is 0 Å². The average molecular weight is 252 g/mol. The van der Waals surface area contributed by atoms with E-state index in [1.165, 1.54) is 0 Å². The number of aryl methyl sites for hydroxylation is 1. The second kappa shape index (κ2) is 4.24. The third-order valence-electron chi connectivity index (χ3n) is 3.07. The molecule has 0 fully saturated rings. The van der Waals surface area contributed by atoms with E-state index >= 15 is 0 Å². The third-order valence-corrected chi connectivity index (χ3v) is 3.07. The molecule has 0 bridgehead atoms. The molecule has 1 N–H and O–H groups in total. The van der Waals surface area contributed by atoms with E-state index in [0.717, 1.165) is 11.1 Å². The minimum Gasteiger partial charge on any atom is -0.478 e. The molecular weight excluding hydrogens is 240 g/mol. The van der Waals surface area contributed by atoms with Crippen LogP contribution in [0.2, 0.25) is 0 Å². The minimum absolute atomic E-state index is 0.261. The number of hydrogen-bond acceptors (Lipinski definition) is 2. The smallest absolute Gasteiger partial charge is 0.336 e. The van der Waals surface area contributed by atoms with Gasteiger partial charge in [-0.15, -0.1) is 0 Å². The van der Waals surface area contributed by atoms with Crippen LogP contribution in [0.1, 0.15) is 15.9 Å². The predicted octanol–water partition coefficient (Wildman–Crippen LogP) is 3.01. The largest absolute Gasteiger partial charge is 0.478 e. The molecular formula is C15H12N2O2. The molecule has 0 aliphatic carbocycles. The highest BCUT2D eigenvalue weighted by atomic mass is 16.4. The first-order valence-electron chi connectivity index (χ1n) is 5.93. The molecule has 1 aromatic carbocycles. The van der Waals surface area contributed by atoms with Gasteiger partial charge in [-0.25, -0.2) is 9.78 Å². The molecule has 3 aromatic rings. The Morgan fingerprint density at radius 3 is 2.79 bits per heavy atom. The van der Waals surface area contributed by atoms with Gasteiger partial charge in [-0.3, -0.25) is 4.40 Å². The minimum atomic E-state index is -0.944. The lowest BCUT2D eigenvalue weighted by Crippen LogP contribution is -2.01. The van der Waals surface area contributed by atoms with E-state index in [1.54, 1.807) is 24.4 Å². The maximum atomic E-state index is 11.3. The highest BCUT2D eigenvalue weighted by Gasteiger charge is 2.14. The summed E-state index contributed by atoms with van der Waals surface area (Å²) in [6.07, 6.45) is 3.70. The Balaban J connectivity index is 2.31. The van der Waals surface area contributed by atoms with Gasteiger partial charge in [-0.2, -0.15) is 0 Å². The predicted molar refractivity (Wildman–Crippen MR) is 72.3 cm³/mol. The summed E-state index contributed by atoms with van der Waals surface area (Å²) in [5.74, 6) is -0.295. The molecule has 0 unspecified atom stereocenters. The lowest BCUT2D eigenvalue weighted by molar-refractivity contribution is 0.0697. The van der Waals surface area contributed by atoms with Crippen molar-refractivity contribution in [1.29, 1.82) is 0 Å². The van der Waals surface area contributed by atoms with Gasteiger partial charge < -0.3 is 5.11 Å². The number of carbonyl (C=O) groups is 1. The Labute approximate surface area is 110 Å². The Bertz CT molecular complexity index is 775. The van der Waals surface area contributed by atoms with Crippen molar-refractivity contribution in [3.8, 4) is 11.4 Å². The molecule has 0 aliphatic rings. The van der Waals surface area contributed by atoms with Crippen LogP contribution in [0.3, 0.4) is 0 Å². The molecule has 19 heavy (non-hydrogen) atoms. The number of rotatable bonds is 2. The van der Waals surface area contributed by atoms with Crippen molar-refractivity contribution in [3.63, 3.8) is 0 Å². The van der Waals surface area contributed by atoms with Crippen LogP contribution >= 0.6 is 0 Å². The summed E-state index contributed by atoms with van der Waals surface area (Å²) in [7, 11) is 0. The van der Waals surface area contributed by atoms with Gasteiger partial charge in [0, 0.05) is 11.8 Å². The molecule has 4 heteroatoms. The van der Waals surface area contributed by atoms with Gasteiger partial charge in [0.25, 0.3) is 0 Å². The summed E-state index contributed by atoms with van der Waals surface area (Å²) < 4.78 is 1.91. The summed E-state index contributed by atoms with van der Waals surface area (Å²) in [4.78, 5) is 15.6. The zero-order valence-electron chi connectivity index (χ0n) is 10.4. The summed E-state index contributed by atoms with van der Waals surface area (Å²) in [5.41, 5.74) is 2.93. The summed E-state index contributed by atoms with van der Waals surface area (Å²) in [6.45, 7) is 1.99. The Morgan fingerprint density at radius 1 is 1.21 bits per heavy atom. The van der Waals surface area contributed by atoms with E-state index in [4.69, 9.17) is 0 Å². The van der Waals surface area contributed by atoms with Crippen LogP contribution in [-0.2, 0) is 0 Å². The van der Waals surface area contributed by atoms with E-state index < -0.39 is 5.97 Å². The lowest BCUT2D eigenvalue weighted by atomic mass is 10.1. The van der Waals surface area contributed by atoms with Crippen LogP contribution in [0, 0.1) is 6.92 Å². The Kier molecular flexibility index (Phi) is 2.56. The van der Waals surface area contributed by atoms with E-state index in [0.29, 0.717) is 11.4 Å². The van der Waals surface area contributed by atoms with Gasteiger partial charge in [0.1, 0.15) is 5.82 Å². The first-order chi connectivity index (χ1) is 9.16. The number of benzene rings is 1. The van der Waals surface area contributed by atoms with E-state index in [2.05, 4.69) is 4.98 Å². The first kappa shape index (κ1) is 11.5. The monoisotopic (exact) mass is 252 g/mol. The van der Waals surface area contributed by atoms with Gasteiger partial charge in [0.05, 0.1) is 17.3 Å². The zero-order valence-corrected chi connectivity index (χ0v) is 10.4. The van der Waals surface area contributed by atoms with Gasteiger partial charge in [0.2, 0.25) is 0 Å². The van der Waals surface area contributed by atoms with Gasteiger partial charge in [-0.1, -0.05) is 24.3 Å². The fourth-order valence-electron chi connectivity index (χ4n) is 2.16. The highest BCUT2D eigenvalue weighted by Crippen LogP contribution is 2.24. The topological polar surface area (TPSA) is 54.6 Å².